The van der Waals surface area contributed by atoms with Crippen LogP contribution in [-0.4, -0.2) is 12.5 Å². The molecule has 0 spiro atoms. The maximum Gasteiger partial charge on any atom is 0.262 e. The van der Waals surface area contributed by atoms with Crippen LogP contribution in [-0.2, 0) is 4.79 Å². The van der Waals surface area contributed by atoms with Gasteiger partial charge >= 0.3 is 0 Å². The summed E-state index contributed by atoms with van der Waals surface area (Å²) in [6, 6.07) is 5.32. The van der Waals surface area contributed by atoms with Gasteiger partial charge in [-0.15, -0.1) is 0 Å². The Labute approximate surface area is 120 Å². The van der Waals surface area contributed by atoms with Crippen LogP contribution in [0, 0.1) is 11.3 Å². The molecule has 0 unspecified atom stereocenters. The fourth-order valence-electron chi connectivity index (χ4n) is 1.87. The van der Waals surface area contributed by atoms with Crippen LogP contribution in [0.2, 0.25) is 0 Å². The molecule has 0 atom stereocenters. The Balaban J connectivity index is 2.26. The first-order valence-electron chi connectivity index (χ1n) is 7.21. The molecule has 0 aliphatic rings. The van der Waals surface area contributed by atoms with Crippen molar-refractivity contribution in [2.45, 2.75) is 45.4 Å². The number of furan rings is 1. The molecule has 0 bridgehead atoms. The van der Waals surface area contributed by atoms with Crippen LogP contribution >= 0.6 is 0 Å². The number of unbranched alkanes of at least 4 members (excludes halogenated alkanes) is 5. The predicted molar refractivity (Wildman–Crippen MR) is 78.7 cm³/mol. The Morgan fingerprint density at radius 3 is 2.75 bits per heavy atom. The van der Waals surface area contributed by atoms with Crippen molar-refractivity contribution in [2.24, 2.45) is 0 Å². The molecule has 1 amide bonds. The standard InChI is InChI=1S/C16H22N2O2/c1-2-3-4-5-6-7-10-18-16(19)14(13-17)12-15-9-8-11-20-15/h8-9,11-12H,2-7,10H2,1H3,(H,18,19)/b14-12+. The number of carbonyl (C=O) groups is 1. The molecule has 4 heteroatoms. The van der Waals surface area contributed by atoms with E-state index in [4.69, 9.17) is 9.68 Å². The van der Waals surface area contributed by atoms with E-state index in [0.29, 0.717) is 12.3 Å². The zero-order valence-electron chi connectivity index (χ0n) is 12.0. The average molecular weight is 274 g/mol. The zero-order chi connectivity index (χ0) is 14.6. The summed E-state index contributed by atoms with van der Waals surface area (Å²) < 4.78 is 5.09. The minimum Gasteiger partial charge on any atom is -0.465 e. The highest BCUT2D eigenvalue weighted by Gasteiger charge is 2.08. The largest absolute Gasteiger partial charge is 0.465 e. The van der Waals surface area contributed by atoms with Crippen molar-refractivity contribution in [3.05, 3.63) is 29.7 Å². The van der Waals surface area contributed by atoms with Crippen LogP contribution in [0.4, 0.5) is 0 Å². The van der Waals surface area contributed by atoms with Crippen molar-refractivity contribution in [1.29, 1.82) is 5.26 Å². The lowest BCUT2D eigenvalue weighted by Crippen LogP contribution is -2.25. The maximum absolute atomic E-state index is 11.8. The molecular formula is C16H22N2O2. The molecular weight excluding hydrogens is 252 g/mol. The van der Waals surface area contributed by atoms with Crippen LogP contribution in [0.3, 0.4) is 0 Å². The van der Waals surface area contributed by atoms with Crippen molar-refractivity contribution in [3.63, 3.8) is 0 Å². The third-order valence-electron chi connectivity index (χ3n) is 3.01. The van der Waals surface area contributed by atoms with E-state index in [0.717, 1.165) is 12.8 Å². The van der Waals surface area contributed by atoms with Gasteiger partial charge in [-0.25, -0.2) is 0 Å². The van der Waals surface area contributed by atoms with Crippen molar-refractivity contribution in [3.8, 4) is 6.07 Å². The first-order valence-corrected chi connectivity index (χ1v) is 7.21. The van der Waals surface area contributed by atoms with Crippen molar-refractivity contribution in [2.75, 3.05) is 6.54 Å². The van der Waals surface area contributed by atoms with E-state index < -0.39 is 0 Å². The number of rotatable bonds is 9. The molecule has 1 N–H and O–H groups in total. The molecule has 0 aliphatic carbocycles. The van der Waals surface area contributed by atoms with E-state index in [2.05, 4.69) is 12.2 Å². The molecule has 0 fully saturated rings. The summed E-state index contributed by atoms with van der Waals surface area (Å²) in [7, 11) is 0. The minimum absolute atomic E-state index is 0.0749. The number of amides is 1. The summed E-state index contributed by atoms with van der Waals surface area (Å²) in [6.45, 7) is 2.80. The Bertz CT molecular complexity index is 455. The molecule has 0 saturated carbocycles. The summed E-state index contributed by atoms with van der Waals surface area (Å²) in [6.07, 6.45) is 10.0. The van der Waals surface area contributed by atoms with Gasteiger partial charge in [0.25, 0.3) is 5.91 Å². The van der Waals surface area contributed by atoms with Crippen molar-refractivity contribution in [1.82, 2.24) is 5.32 Å². The van der Waals surface area contributed by atoms with Crippen molar-refractivity contribution >= 4 is 12.0 Å². The highest BCUT2D eigenvalue weighted by Crippen LogP contribution is 2.07. The van der Waals surface area contributed by atoms with Gasteiger partial charge in [0.05, 0.1) is 6.26 Å². The quantitative estimate of drug-likeness (QED) is 0.424. The van der Waals surface area contributed by atoms with Crippen LogP contribution in [0.25, 0.3) is 6.08 Å². The molecule has 1 rings (SSSR count). The zero-order valence-corrected chi connectivity index (χ0v) is 12.0. The third kappa shape index (κ3) is 6.24. The summed E-state index contributed by atoms with van der Waals surface area (Å²) in [5, 5.41) is 11.7. The molecule has 0 radical (unpaired) electrons. The molecule has 1 heterocycles. The Hall–Kier alpha value is -2.02. The summed E-state index contributed by atoms with van der Waals surface area (Å²) >= 11 is 0. The maximum atomic E-state index is 11.8. The van der Waals surface area contributed by atoms with E-state index in [-0.39, 0.29) is 11.5 Å². The number of hydrogen-bond acceptors (Lipinski definition) is 3. The van der Waals surface area contributed by atoms with Crippen LogP contribution in [0.15, 0.2) is 28.4 Å². The Morgan fingerprint density at radius 1 is 1.35 bits per heavy atom. The van der Waals surface area contributed by atoms with Crippen molar-refractivity contribution < 1.29 is 9.21 Å². The van der Waals surface area contributed by atoms with Gasteiger partial charge in [0.2, 0.25) is 0 Å². The SMILES string of the molecule is CCCCCCCCNC(=O)/C(C#N)=C/c1ccco1. The van der Waals surface area contributed by atoms with Gasteiger partial charge in [-0.3, -0.25) is 4.79 Å². The second kappa shape index (κ2) is 9.85. The number of nitriles is 1. The lowest BCUT2D eigenvalue weighted by atomic mass is 10.1. The monoisotopic (exact) mass is 274 g/mol. The van der Waals surface area contributed by atoms with Gasteiger partial charge in [0.15, 0.2) is 0 Å². The molecule has 108 valence electrons. The highest BCUT2D eigenvalue weighted by molar-refractivity contribution is 6.01. The topological polar surface area (TPSA) is 66.0 Å². The first-order chi connectivity index (χ1) is 9.77. The fourth-order valence-corrected chi connectivity index (χ4v) is 1.87. The van der Waals surface area contributed by atoms with Crippen LogP contribution in [0.5, 0.6) is 0 Å². The second-order valence-electron chi connectivity index (χ2n) is 4.71. The molecule has 20 heavy (non-hydrogen) atoms. The molecule has 0 aliphatic heterocycles. The molecule has 1 aromatic heterocycles. The van der Waals surface area contributed by atoms with Gasteiger partial charge in [0.1, 0.15) is 17.4 Å². The Kier molecular flexibility index (Phi) is 7.90. The molecule has 0 saturated heterocycles. The van der Waals surface area contributed by atoms with Crippen LogP contribution < -0.4 is 5.32 Å². The van der Waals surface area contributed by atoms with Gasteiger partial charge in [-0.2, -0.15) is 5.26 Å². The smallest absolute Gasteiger partial charge is 0.262 e. The van der Waals surface area contributed by atoms with E-state index in [1.54, 1.807) is 12.1 Å². The number of nitrogens with one attached hydrogen (secondary N) is 1. The number of carbonyl (C=O) groups excluding carboxylic acids is 1. The molecule has 0 aromatic carbocycles. The van der Waals surface area contributed by atoms with Gasteiger partial charge in [-0.05, 0) is 18.6 Å². The summed E-state index contributed by atoms with van der Waals surface area (Å²) in [5.74, 6) is 0.175. The molecule has 1 aromatic rings. The van der Waals surface area contributed by atoms with Gasteiger partial charge in [-0.1, -0.05) is 39.0 Å². The van der Waals surface area contributed by atoms with Gasteiger partial charge in [0, 0.05) is 12.6 Å². The number of hydrogen-bond donors (Lipinski definition) is 1. The van der Waals surface area contributed by atoms with E-state index in [9.17, 15) is 4.79 Å². The second-order valence-corrected chi connectivity index (χ2v) is 4.71. The minimum atomic E-state index is -0.336. The summed E-state index contributed by atoms with van der Waals surface area (Å²) in [5.41, 5.74) is 0.0749. The average Bonchev–Trinajstić information content (AvgIpc) is 2.96. The van der Waals surface area contributed by atoms with E-state index in [1.165, 1.54) is 38.0 Å². The van der Waals surface area contributed by atoms with E-state index in [1.807, 2.05) is 6.07 Å². The normalized spacial score (nSPS) is 11.1. The first kappa shape index (κ1) is 16.0. The highest BCUT2D eigenvalue weighted by atomic mass is 16.3. The van der Waals surface area contributed by atoms with Crippen LogP contribution in [0.1, 0.15) is 51.2 Å². The van der Waals surface area contributed by atoms with Gasteiger partial charge < -0.3 is 9.73 Å². The predicted octanol–water partition coefficient (Wildman–Crippen LogP) is 3.66. The lowest BCUT2D eigenvalue weighted by molar-refractivity contribution is -0.117. The fraction of sp³-hybridized carbons (Fsp3) is 0.500. The summed E-state index contributed by atoms with van der Waals surface area (Å²) in [4.78, 5) is 11.8. The lowest BCUT2D eigenvalue weighted by Gasteiger charge is -2.04. The third-order valence-corrected chi connectivity index (χ3v) is 3.01. The van der Waals surface area contributed by atoms with E-state index >= 15 is 0 Å². The number of nitrogens with zero attached hydrogens (tertiary/aromatic N) is 1. The molecule has 4 nitrogen and oxygen atoms in total. The Morgan fingerprint density at radius 2 is 2.10 bits per heavy atom.